The molecule has 0 saturated carbocycles. The Morgan fingerprint density at radius 1 is 1.36 bits per heavy atom. The summed E-state index contributed by atoms with van der Waals surface area (Å²) in [7, 11) is 1.94. The normalized spacial score (nSPS) is 10.5. The minimum Gasteiger partial charge on any atom is -0.320 e. The Hall–Kier alpha value is -0.410. The summed E-state index contributed by atoms with van der Waals surface area (Å²) in [5, 5.41) is 3.09. The smallest absolute Gasteiger partial charge is 0.137 e. The Balaban J connectivity index is 2.39. The lowest BCUT2D eigenvalue weighted by Crippen LogP contribution is -2.07. The maximum atomic E-state index is 13.1. The third-order valence-corrected chi connectivity index (χ3v) is 2.77. The molecule has 1 nitrogen and oxygen atoms in total. The van der Waals surface area contributed by atoms with Crippen LogP contribution in [0.25, 0.3) is 0 Å². The minimum absolute atomic E-state index is 0.170. The summed E-state index contributed by atoms with van der Waals surface area (Å²) in [4.78, 5) is 0. The van der Waals surface area contributed by atoms with E-state index in [2.05, 4.69) is 21.2 Å². The van der Waals surface area contributed by atoms with Crippen LogP contribution >= 0.6 is 15.9 Å². The average Bonchev–Trinajstić information content (AvgIpc) is 2.18. The van der Waals surface area contributed by atoms with Crippen molar-refractivity contribution in [2.45, 2.75) is 19.3 Å². The topological polar surface area (TPSA) is 12.0 Å². The van der Waals surface area contributed by atoms with E-state index in [1.54, 1.807) is 12.1 Å². The zero-order chi connectivity index (χ0) is 10.4. The second kappa shape index (κ2) is 6.14. The van der Waals surface area contributed by atoms with Crippen molar-refractivity contribution in [3.8, 4) is 0 Å². The van der Waals surface area contributed by atoms with Gasteiger partial charge < -0.3 is 5.32 Å². The molecule has 0 aliphatic heterocycles. The molecule has 0 aromatic heterocycles. The molecule has 0 amide bonds. The van der Waals surface area contributed by atoms with Crippen LogP contribution in [0.1, 0.15) is 18.4 Å². The van der Waals surface area contributed by atoms with Crippen molar-refractivity contribution in [1.82, 2.24) is 5.32 Å². The molecule has 1 aromatic carbocycles. The van der Waals surface area contributed by atoms with Crippen LogP contribution < -0.4 is 5.32 Å². The number of hydrogen-bond donors (Lipinski definition) is 1. The van der Waals surface area contributed by atoms with Gasteiger partial charge in [0.05, 0.1) is 4.47 Å². The summed E-state index contributed by atoms with van der Waals surface area (Å²) in [6, 6.07) is 5.33. The van der Waals surface area contributed by atoms with E-state index in [-0.39, 0.29) is 5.82 Å². The van der Waals surface area contributed by atoms with Gasteiger partial charge in [-0.1, -0.05) is 6.07 Å². The maximum absolute atomic E-state index is 13.1. The molecule has 14 heavy (non-hydrogen) atoms. The number of nitrogens with one attached hydrogen (secondary N) is 1. The molecule has 3 heteroatoms. The Labute approximate surface area is 92.8 Å². The van der Waals surface area contributed by atoms with E-state index in [1.807, 2.05) is 13.1 Å². The molecule has 0 atom stereocenters. The van der Waals surface area contributed by atoms with Gasteiger partial charge in [-0.15, -0.1) is 0 Å². The fourth-order valence-electron chi connectivity index (χ4n) is 1.33. The quantitative estimate of drug-likeness (QED) is 0.802. The van der Waals surface area contributed by atoms with Gasteiger partial charge in [0.1, 0.15) is 5.82 Å². The second-order valence-corrected chi connectivity index (χ2v) is 4.16. The molecule has 0 unspecified atom stereocenters. The van der Waals surface area contributed by atoms with Crippen LogP contribution in [0.2, 0.25) is 0 Å². The molecule has 0 aliphatic carbocycles. The fraction of sp³-hybridized carbons (Fsp3) is 0.455. The first-order chi connectivity index (χ1) is 6.74. The lowest BCUT2D eigenvalue weighted by molar-refractivity contribution is 0.615. The van der Waals surface area contributed by atoms with Crippen LogP contribution in [0.3, 0.4) is 0 Å². The summed E-state index contributed by atoms with van der Waals surface area (Å²) in [5.74, 6) is -0.170. The number of halogens is 2. The zero-order valence-corrected chi connectivity index (χ0v) is 9.90. The molecule has 1 rings (SSSR count). The van der Waals surface area contributed by atoms with E-state index in [9.17, 15) is 4.39 Å². The van der Waals surface area contributed by atoms with Crippen molar-refractivity contribution in [2.75, 3.05) is 13.6 Å². The first kappa shape index (κ1) is 11.7. The molecular formula is C11H15BrFN. The highest BCUT2D eigenvalue weighted by atomic mass is 79.9. The maximum Gasteiger partial charge on any atom is 0.137 e. The molecule has 0 spiro atoms. The van der Waals surface area contributed by atoms with E-state index >= 15 is 0 Å². The van der Waals surface area contributed by atoms with E-state index in [0.717, 1.165) is 31.4 Å². The van der Waals surface area contributed by atoms with E-state index < -0.39 is 0 Å². The fourth-order valence-corrected chi connectivity index (χ4v) is 1.57. The van der Waals surface area contributed by atoms with Crippen molar-refractivity contribution in [1.29, 1.82) is 0 Å². The Bertz CT molecular complexity index is 289. The van der Waals surface area contributed by atoms with Gasteiger partial charge >= 0.3 is 0 Å². The van der Waals surface area contributed by atoms with Crippen molar-refractivity contribution in [3.05, 3.63) is 34.1 Å². The highest BCUT2D eigenvalue weighted by Crippen LogP contribution is 2.17. The average molecular weight is 260 g/mol. The minimum atomic E-state index is -0.170. The summed E-state index contributed by atoms with van der Waals surface area (Å²) >= 11 is 3.14. The molecule has 0 saturated heterocycles. The van der Waals surface area contributed by atoms with Crippen LogP contribution in [0.4, 0.5) is 4.39 Å². The number of aryl methyl sites for hydroxylation is 1. The standard InChI is InChI=1S/C11H15BrFN/c1-14-7-3-2-4-9-5-6-10(12)11(13)8-9/h5-6,8,14H,2-4,7H2,1H3. The first-order valence-corrected chi connectivity index (χ1v) is 5.62. The molecule has 0 fully saturated rings. The van der Waals surface area contributed by atoms with Crippen LogP contribution in [-0.2, 0) is 6.42 Å². The number of hydrogen-bond acceptors (Lipinski definition) is 1. The van der Waals surface area contributed by atoms with Gasteiger partial charge in [0.15, 0.2) is 0 Å². The number of rotatable bonds is 5. The molecular weight excluding hydrogens is 245 g/mol. The summed E-state index contributed by atoms with van der Waals surface area (Å²) in [5.41, 5.74) is 1.07. The highest BCUT2D eigenvalue weighted by molar-refractivity contribution is 9.10. The van der Waals surface area contributed by atoms with Gasteiger partial charge in [-0.3, -0.25) is 0 Å². The molecule has 0 heterocycles. The van der Waals surface area contributed by atoms with Crippen LogP contribution in [0.15, 0.2) is 22.7 Å². The van der Waals surface area contributed by atoms with Crippen molar-refractivity contribution >= 4 is 15.9 Å². The van der Waals surface area contributed by atoms with Gasteiger partial charge in [-0.05, 0) is 66.5 Å². The molecule has 1 N–H and O–H groups in total. The monoisotopic (exact) mass is 259 g/mol. The lowest BCUT2D eigenvalue weighted by atomic mass is 10.1. The van der Waals surface area contributed by atoms with Gasteiger partial charge in [0, 0.05) is 0 Å². The SMILES string of the molecule is CNCCCCc1ccc(Br)c(F)c1. The summed E-state index contributed by atoms with van der Waals surface area (Å²) in [6.07, 6.45) is 3.18. The zero-order valence-electron chi connectivity index (χ0n) is 8.32. The number of unbranched alkanes of at least 4 members (excludes halogenated alkanes) is 1. The largest absolute Gasteiger partial charge is 0.320 e. The third kappa shape index (κ3) is 3.76. The van der Waals surface area contributed by atoms with Crippen molar-refractivity contribution < 1.29 is 4.39 Å². The summed E-state index contributed by atoms with van der Waals surface area (Å²) in [6.45, 7) is 1.03. The molecule has 78 valence electrons. The lowest BCUT2D eigenvalue weighted by Gasteiger charge is -2.02. The molecule has 0 aliphatic rings. The van der Waals surface area contributed by atoms with Crippen molar-refractivity contribution in [3.63, 3.8) is 0 Å². The highest BCUT2D eigenvalue weighted by Gasteiger charge is 2.00. The predicted octanol–water partition coefficient (Wildman–Crippen LogP) is 3.13. The second-order valence-electron chi connectivity index (χ2n) is 3.31. The summed E-state index contributed by atoms with van der Waals surface area (Å²) < 4.78 is 13.6. The first-order valence-electron chi connectivity index (χ1n) is 4.82. The Morgan fingerprint density at radius 3 is 2.79 bits per heavy atom. The van der Waals surface area contributed by atoms with E-state index in [0.29, 0.717) is 4.47 Å². The molecule has 0 bridgehead atoms. The van der Waals surface area contributed by atoms with Gasteiger partial charge in [-0.25, -0.2) is 4.39 Å². The third-order valence-electron chi connectivity index (χ3n) is 2.13. The van der Waals surface area contributed by atoms with E-state index in [1.165, 1.54) is 0 Å². The van der Waals surface area contributed by atoms with Crippen LogP contribution in [0, 0.1) is 5.82 Å². The van der Waals surface area contributed by atoms with Gasteiger partial charge in [-0.2, -0.15) is 0 Å². The Kier molecular flexibility index (Phi) is 5.12. The van der Waals surface area contributed by atoms with Gasteiger partial charge in [0.2, 0.25) is 0 Å². The molecule has 0 radical (unpaired) electrons. The van der Waals surface area contributed by atoms with Crippen molar-refractivity contribution in [2.24, 2.45) is 0 Å². The predicted molar refractivity (Wildman–Crippen MR) is 61.0 cm³/mol. The van der Waals surface area contributed by atoms with Crippen LogP contribution in [0.5, 0.6) is 0 Å². The van der Waals surface area contributed by atoms with Crippen LogP contribution in [-0.4, -0.2) is 13.6 Å². The molecule has 1 aromatic rings. The number of benzene rings is 1. The van der Waals surface area contributed by atoms with E-state index in [4.69, 9.17) is 0 Å². The Morgan fingerprint density at radius 2 is 2.14 bits per heavy atom. The van der Waals surface area contributed by atoms with Gasteiger partial charge in [0.25, 0.3) is 0 Å².